The van der Waals surface area contributed by atoms with E-state index in [4.69, 9.17) is 5.11 Å². The lowest BCUT2D eigenvalue weighted by Gasteiger charge is -2.08. The molecule has 0 fully saturated rings. The monoisotopic (exact) mass is 264 g/mol. The van der Waals surface area contributed by atoms with E-state index in [1.807, 2.05) is 0 Å². The van der Waals surface area contributed by atoms with Gasteiger partial charge in [0.1, 0.15) is 0 Å². The maximum absolute atomic E-state index is 11.8. The summed E-state index contributed by atoms with van der Waals surface area (Å²) in [4.78, 5) is 14.9. The number of carbonyl (C=O) groups is 1. The average Bonchev–Trinajstić information content (AvgIpc) is 2.33. The van der Waals surface area contributed by atoms with Gasteiger partial charge in [0.2, 0.25) is 5.88 Å². The molecule has 1 aromatic rings. The van der Waals surface area contributed by atoms with Gasteiger partial charge in [-0.25, -0.2) is 4.98 Å². The predicted octanol–water partition coefficient (Wildman–Crippen LogP) is 0.745. The van der Waals surface area contributed by atoms with Crippen molar-refractivity contribution in [2.24, 2.45) is 0 Å². The molecule has 0 radical (unpaired) electrons. The van der Waals surface area contributed by atoms with Gasteiger partial charge in [-0.3, -0.25) is 4.79 Å². The molecule has 1 aromatic heterocycles. The Bertz CT molecular complexity index is 392. The number of ether oxygens (including phenoxy) is 1. The minimum Gasteiger partial charge on any atom is -0.468 e. The molecule has 18 heavy (non-hydrogen) atoms. The van der Waals surface area contributed by atoms with Crippen LogP contribution in [0.5, 0.6) is 5.88 Å². The first-order chi connectivity index (χ1) is 8.42. The lowest BCUT2D eigenvalue weighted by atomic mass is 10.2. The minimum atomic E-state index is -4.43. The first-order valence-corrected chi connectivity index (χ1v) is 4.97. The van der Waals surface area contributed by atoms with Gasteiger partial charge in [-0.15, -0.1) is 0 Å². The number of aliphatic hydroxyl groups is 1. The van der Waals surface area contributed by atoms with E-state index in [0.29, 0.717) is 0 Å². The molecule has 0 aliphatic heterocycles. The van der Waals surface area contributed by atoms with Gasteiger partial charge in [0.05, 0.1) is 12.2 Å². The van der Waals surface area contributed by atoms with Crippen molar-refractivity contribution >= 4 is 5.91 Å². The van der Waals surface area contributed by atoms with Crippen LogP contribution in [0.1, 0.15) is 10.4 Å². The van der Waals surface area contributed by atoms with Crippen LogP contribution in [0.2, 0.25) is 0 Å². The normalized spacial score (nSPS) is 11.1. The number of hydrogen-bond acceptors (Lipinski definition) is 4. The molecule has 0 aromatic carbocycles. The molecule has 1 amide bonds. The fourth-order valence-corrected chi connectivity index (χ4v) is 1.03. The van der Waals surface area contributed by atoms with E-state index in [0.717, 1.165) is 6.20 Å². The van der Waals surface area contributed by atoms with Crippen molar-refractivity contribution in [3.63, 3.8) is 0 Å². The summed E-state index contributed by atoms with van der Waals surface area (Å²) in [5, 5.41) is 10.9. The van der Waals surface area contributed by atoms with E-state index in [1.54, 1.807) is 0 Å². The number of aromatic nitrogens is 1. The lowest BCUT2D eigenvalue weighted by molar-refractivity contribution is -0.154. The molecule has 0 aliphatic carbocycles. The lowest BCUT2D eigenvalue weighted by Crippen LogP contribution is -2.26. The Hall–Kier alpha value is -1.83. The highest BCUT2D eigenvalue weighted by Gasteiger charge is 2.28. The van der Waals surface area contributed by atoms with Crippen molar-refractivity contribution in [3.05, 3.63) is 23.9 Å². The van der Waals surface area contributed by atoms with Crippen LogP contribution in [0.25, 0.3) is 0 Å². The van der Waals surface area contributed by atoms with Crippen molar-refractivity contribution in [2.45, 2.75) is 6.18 Å². The van der Waals surface area contributed by atoms with Gasteiger partial charge in [0, 0.05) is 18.8 Å². The van der Waals surface area contributed by atoms with Crippen LogP contribution in [0.4, 0.5) is 13.2 Å². The van der Waals surface area contributed by atoms with Crippen molar-refractivity contribution in [2.75, 3.05) is 19.8 Å². The summed E-state index contributed by atoms with van der Waals surface area (Å²) in [7, 11) is 0. The van der Waals surface area contributed by atoms with Crippen LogP contribution < -0.4 is 10.1 Å². The summed E-state index contributed by atoms with van der Waals surface area (Å²) in [6.07, 6.45) is -3.34. The van der Waals surface area contributed by atoms with Gasteiger partial charge in [0.15, 0.2) is 6.61 Å². The molecular formula is C10H11F3N2O3. The molecule has 0 bridgehead atoms. The molecule has 0 aliphatic rings. The second-order valence-corrected chi connectivity index (χ2v) is 3.27. The topological polar surface area (TPSA) is 71.5 Å². The Morgan fingerprint density at radius 2 is 2.17 bits per heavy atom. The van der Waals surface area contributed by atoms with Crippen molar-refractivity contribution in [1.82, 2.24) is 10.3 Å². The third-order valence-electron chi connectivity index (χ3n) is 1.78. The molecule has 1 heterocycles. The Kier molecular flexibility index (Phi) is 4.90. The molecular weight excluding hydrogens is 253 g/mol. The zero-order valence-corrected chi connectivity index (χ0v) is 9.20. The molecule has 0 saturated carbocycles. The fraction of sp³-hybridized carbons (Fsp3) is 0.400. The highest BCUT2D eigenvalue weighted by atomic mass is 19.4. The number of pyridine rings is 1. The number of nitrogens with zero attached hydrogens (tertiary/aromatic N) is 1. The molecule has 0 unspecified atom stereocenters. The molecule has 2 N–H and O–H groups in total. The van der Waals surface area contributed by atoms with Gasteiger partial charge in [-0.05, 0) is 6.07 Å². The Morgan fingerprint density at radius 3 is 2.67 bits per heavy atom. The van der Waals surface area contributed by atoms with Gasteiger partial charge in [-0.2, -0.15) is 13.2 Å². The Balaban J connectivity index is 2.54. The molecule has 0 atom stereocenters. The molecule has 8 heteroatoms. The molecule has 0 spiro atoms. The van der Waals surface area contributed by atoms with E-state index in [2.05, 4.69) is 15.0 Å². The third kappa shape index (κ3) is 5.00. The summed E-state index contributed by atoms with van der Waals surface area (Å²) < 4.78 is 39.9. The number of aliphatic hydroxyl groups excluding tert-OH is 1. The SMILES string of the molecule is O=C(NCCO)c1ccc(OCC(F)(F)F)nc1. The summed E-state index contributed by atoms with van der Waals surface area (Å²) in [5.74, 6) is -0.690. The first-order valence-electron chi connectivity index (χ1n) is 4.97. The zero-order chi connectivity index (χ0) is 13.6. The molecule has 1 rings (SSSR count). The number of amides is 1. The van der Waals surface area contributed by atoms with E-state index >= 15 is 0 Å². The van der Waals surface area contributed by atoms with Crippen LogP contribution >= 0.6 is 0 Å². The number of nitrogens with one attached hydrogen (secondary N) is 1. The number of hydrogen-bond donors (Lipinski definition) is 2. The number of carbonyl (C=O) groups excluding carboxylic acids is 1. The van der Waals surface area contributed by atoms with E-state index in [9.17, 15) is 18.0 Å². The van der Waals surface area contributed by atoms with Crippen molar-refractivity contribution in [3.8, 4) is 5.88 Å². The second kappa shape index (κ2) is 6.20. The maximum Gasteiger partial charge on any atom is 0.422 e. The van der Waals surface area contributed by atoms with Crippen LogP contribution in [-0.2, 0) is 0 Å². The Morgan fingerprint density at radius 1 is 1.44 bits per heavy atom. The number of alkyl halides is 3. The van der Waals surface area contributed by atoms with Crippen molar-refractivity contribution < 1.29 is 27.8 Å². The quantitative estimate of drug-likeness (QED) is 0.823. The van der Waals surface area contributed by atoms with E-state index in [1.165, 1.54) is 12.1 Å². The van der Waals surface area contributed by atoms with Gasteiger partial charge in [-0.1, -0.05) is 0 Å². The van der Waals surface area contributed by atoms with E-state index in [-0.39, 0.29) is 24.6 Å². The van der Waals surface area contributed by atoms with Crippen LogP contribution in [0, 0.1) is 0 Å². The minimum absolute atomic E-state index is 0.0885. The van der Waals surface area contributed by atoms with Crippen LogP contribution in [0.3, 0.4) is 0 Å². The Labute approximate surface area is 101 Å². The summed E-state index contributed by atoms with van der Waals surface area (Å²) in [6.45, 7) is -1.55. The summed E-state index contributed by atoms with van der Waals surface area (Å²) in [5.41, 5.74) is 0.169. The third-order valence-corrected chi connectivity index (χ3v) is 1.78. The summed E-state index contributed by atoms with van der Waals surface area (Å²) >= 11 is 0. The second-order valence-electron chi connectivity index (χ2n) is 3.27. The van der Waals surface area contributed by atoms with Gasteiger partial charge in [0.25, 0.3) is 5.91 Å². The van der Waals surface area contributed by atoms with Gasteiger partial charge < -0.3 is 15.2 Å². The predicted molar refractivity (Wildman–Crippen MR) is 55.2 cm³/mol. The molecule has 0 saturated heterocycles. The fourth-order valence-electron chi connectivity index (χ4n) is 1.03. The van der Waals surface area contributed by atoms with Crippen LogP contribution in [0.15, 0.2) is 18.3 Å². The number of halogens is 3. The molecule has 100 valence electrons. The average molecular weight is 264 g/mol. The standard InChI is InChI=1S/C10H11F3N2O3/c11-10(12,13)6-18-8-2-1-7(5-15-8)9(17)14-3-4-16/h1-2,5,16H,3-4,6H2,(H,14,17). The first kappa shape index (κ1) is 14.2. The smallest absolute Gasteiger partial charge is 0.422 e. The highest BCUT2D eigenvalue weighted by molar-refractivity contribution is 5.93. The van der Waals surface area contributed by atoms with Crippen molar-refractivity contribution in [1.29, 1.82) is 0 Å². The number of rotatable bonds is 5. The van der Waals surface area contributed by atoms with Crippen LogP contribution in [-0.4, -0.2) is 41.9 Å². The maximum atomic E-state index is 11.8. The highest BCUT2D eigenvalue weighted by Crippen LogP contribution is 2.16. The van der Waals surface area contributed by atoms with E-state index < -0.39 is 18.7 Å². The van der Waals surface area contributed by atoms with Gasteiger partial charge >= 0.3 is 6.18 Å². The summed E-state index contributed by atoms with van der Waals surface area (Å²) in [6, 6.07) is 2.45. The molecule has 5 nitrogen and oxygen atoms in total. The largest absolute Gasteiger partial charge is 0.468 e. The zero-order valence-electron chi connectivity index (χ0n) is 9.20.